The quantitative estimate of drug-likeness (QED) is 0.393. The summed E-state index contributed by atoms with van der Waals surface area (Å²) in [6.07, 6.45) is 0. The van der Waals surface area contributed by atoms with E-state index in [9.17, 15) is 9.67 Å². The first-order valence-corrected chi connectivity index (χ1v) is 11.4. The Morgan fingerprint density at radius 3 is 2.17 bits per heavy atom. The maximum absolute atomic E-state index is 14.7. The number of benzene rings is 4. The van der Waals surface area contributed by atoms with Crippen molar-refractivity contribution in [2.24, 2.45) is 0 Å². The number of hydrogen-bond donors (Lipinski definition) is 2. The number of fused-ring (bicyclic) bond motifs is 3. The van der Waals surface area contributed by atoms with Crippen molar-refractivity contribution in [3.63, 3.8) is 0 Å². The largest absolute Gasteiger partial charge is 0.508 e. The van der Waals surface area contributed by atoms with Crippen molar-refractivity contribution >= 4 is 18.4 Å². The van der Waals surface area contributed by atoms with E-state index in [0.29, 0.717) is 16.6 Å². The first-order valence-electron chi connectivity index (χ1n) is 9.74. The molecule has 148 valence electrons. The third kappa shape index (κ3) is 3.06. The molecule has 1 heterocycles. The van der Waals surface area contributed by atoms with Gasteiger partial charge in [-0.15, -0.1) is 0 Å². The molecule has 4 aromatic carbocycles. The Balaban J connectivity index is 1.73. The average Bonchev–Trinajstić information content (AvgIpc) is 2.79. The lowest BCUT2D eigenvalue weighted by Gasteiger charge is -2.35. The molecule has 0 radical (unpaired) electrons. The molecule has 0 fully saturated rings. The molecule has 4 nitrogen and oxygen atoms in total. The number of rotatable bonds is 4. The Kier molecular flexibility index (Phi) is 4.57. The molecular formula is C25H20NO3P. The van der Waals surface area contributed by atoms with Gasteiger partial charge in [0.2, 0.25) is 0 Å². The highest BCUT2D eigenvalue weighted by Gasteiger charge is 2.44. The summed E-state index contributed by atoms with van der Waals surface area (Å²) in [4.78, 5) is 0. The molecule has 5 heteroatoms. The van der Waals surface area contributed by atoms with E-state index in [1.54, 1.807) is 18.2 Å². The summed E-state index contributed by atoms with van der Waals surface area (Å²) in [5, 5.41) is 14.6. The van der Waals surface area contributed by atoms with Crippen LogP contribution in [0.1, 0.15) is 11.3 Å². The summed E-state index contributed by atoms with van der Waals surface area (Å²) in [6, 6.07) is 31.7. The van der Waals surface area contributed by atoms with Gasteiger partial charge < -0.3 is 14.9 Å². The van der Waals surface area contributed by atoms with Crippen molar-refractivity contribution in [1.82, 2.24) is 0 Å². The van der Waals surface area contributed by atoms with E-state index in [1.165, 1.54) is 0 Å². The summed E-state index contributed by atoms with van der Waals surface area (Å²) >= 11 is 0. The van der Waals surface area contributed by atoms with E-state index in [2.05, 4.69) is 5.32 Å². The molecule has 0 spiro atoms. The molecule has 0 aliphatic carbocycles. The van der Waals surface area contributed by atoms with Crippen LogP contribution in [0.4, 0.5) is 5.69 Å². The van der Waals surface area contributed by atoms with Crippen LogP contribution in [0.2, 0.25) is 0 Å². The maximum Gasteiger partial charge on any atom is 0.304 e. The molecule has 0 bridgehead atoms. The first-order chi connectivity index (χ1) is 14.7. The minimum Gasteiger partial charge on any atom is -0.508 e. The van der Waals surface area contributed by atoms with Gasteiger partial charge in [-0.05, 0) is 35.9 Å². The molecule has 2 atom stereocenters. The summed E-state index contributed by atoms with van der Waals surface area (Å²) in [5.41, 5.74) is 3.12. The molecule has 2 unspecified atom stereocenters. The van der Waals surface area contributed by atoms with Crippen LogP contribution in [0.5, 0.6) is 11.5 Å². The summed E-state index contributed by atoms with van der Waals surface area (Å²) < 4.78 is 21.0. The molecule has 4 aromatic rings. The highest BCUT2D eigenvalue weighted by Crippen LogP contribution is 2.64. The third-order valence-electron chi connectivity index (χ3n) is 5.30. The second kappa shape index (κ2) is 7.40. The van der Waals surface area contributed by atoms with E-state index >= 15 is 0 Å². The second-order valence-corrected chi connectivity index (χ2v) is 9.55. The van der Waals surface area contributed by atoms with Gasteiger partial charge in [-0.25, -0.2) is 0 Å². The van der Waals surface area contributed by atoms with Crippen molar-refractivity contribution in [3.8, 4) is 22.6 Å². The van der Waals surface area contributed by atoms with Crippen molar-refractivity contribution in [1.29, 1.82) is 0 Å². The van der Waals surface area contributed by atoms with Gasteiger partial charge in [-0.2, -0.15) is 0 Å². The Morgan fingerprint density at radius 1 is 0.733 bits per heavy atom. The number of aromatic hydroxyl groups is 1. The standard InChI is InChI=1S/C25H20NO3P/c27-22-15-7-4-14-21(22)25(26-18-10-2-1-3-11-18)30(28)24-17-9-6-13-20(24)19-12-5-8-16-23(19)29-30/h1-17,25-27H. The zero-order valence-corrected chi connectivity index (χ0v) is 17.0. The molecular weight excluding hydrogens is 393 g/mol. The van der Waals surface area contributed by atoms with Gasteiger partial charge >= 0.3 is 7.37 Å². The molecule has 0 saturated heterocycles. The number of anilines is 1. The zero-order valence-electron chi connectivity index (χ0n) is 16.1. The van der Waals surface area contributed by atoms with Crippen LogP contribution in [0, 0.1) is 0 Å². The third-order valence-corrected chi connectivity index (χ3v) is 7.92. The Hall–Kier alpha value is -3.49. The first kappa shape index (κ1) is 18.5. The Labute approximate surface area is 175 Å². The van der Waals surface area contributed by atoms with E-state index in [4.69, 9.17) is 4.52 Å². The van der Waals surface area contributed by atoms with Gasteiger partial charge in [0.05, 0.1) is 5.30 Å². The van der Waals surface area contributed by atoms with E-state index in [-0.39, 0.29) is 5.75 Å². The number of hydrogen-bond acceptors (Lipinski definition) is 4. The minimum absolute atomic E-state index is 0.0705. The fraction of sp³-hybridized carbons (Fsp3) is 0.0400. The normalized spacial score (nSPS) is 17.9. The van der Waals surface area contributed by atoms with E-state index in [1.807, 2.05) is 84.9 Å². The van der Waals surface area contributed by atoms with Gasteiger partial charge in [-0.1, -0.05) is 72.8 Å². The van der Waals surface area contributed by atoms with E-state index < -0.39 is 13.2 Å². The number of nitrogens with one attached hydrogen (secondary N) is 1. The number of phenols is 1. The monoisotopic (exact) mass is 413 g/mol. The predicted octanol–water partition coefficient (Wildman–Crippen LogP) is 6.17. The van der Waals surface area contributed by atoms with Crippen LogP contribution in [0.3, 0.4) is 0 Å². The van der Waals surface area contributed by atoms with Crippen molar-refractivity contribution < 1.29 is 14.2 Å². The molecule has 0 aromatic heterocycles. The average molecular weight is 413 g/mol. The van der Waals surface area contributed by atoms with Crippen LogP contribution < -0.4 is 15.1 Å². The van der Waals surface area contributed by atoms with Gasteiger partial charge in [0.25, 0.3) is 0 Å². The van der Waals surface area contributed by atoms with Crippen LogP contribution in [-0.4, -0.2) is 5.11 Å². The Bertz CT molecular complexity index is 1260. The summed E-state index contributed by atoms with van der Waals surface area (Å²) in [6.45, 7) is 0. The predicted molar refractivity (Wildman–Crippen MR) is 121 cm³/mol. The van der Waals surface area contributed by atoms with Crippen LogP contribution in [0.15, 0.2) is 103 Å². The van der Waals surface area contributed by atoms with Crippen molar-refractivity contribution in [3.05, 3.63) is 109 Å². The smallest absolute Gasteiger partial charge is 0.304 e. The van der Waals surface area contributed by atoms with Crippen LogP contribution >= 0.6 is 7.37 Å². The molecule has 1 aliphatic heterocycles. The summed E-state index contributed by atoms with van der Waals surface area (Å²) in [5.74, 6) is -0.119. The SMILES string of the molecule is O=P1(C(Nc2ccccc2)c2ccccc2O)Oc2ccccc2-c2ccccc21. The van der Waals surface area contributed by atoms with Crippen molar-refractivity contribution in [2.45, 2.75) is 5.78 Å². The minimum atomic E-state index is -3.53. The van der Waals surface area contributed by atoms with Crippen LogP contribution in [-0.2, 0) is 4.57 Å². The van der Waals surface area contributed by atoms with E-state index in [0.717, 1.165) is 16.8 Å². The fourth-order valence-electron chi connectivity index (χ4n) is 3.89. The molecule has 1 aliphatic rings. The lowest BCUT2D eigenvalue weighted by atomic mass is 10.0. The fourth-order valence-corrected chi connectivity index (χ4v) is 6.55. The molecule has 30 heavy (non-hydrogen) atoms. The number of phenolic OH excluding ortho intramolecular Hbond substituents is 1. The lowest BCUT2D eigenvalue weighted by Crippen LogP contribution is -2.26. The number of para-hydroxylation sites is 3. The maximum atomic E-state index is 14.7. The molecule has 2 N–H and O–H groups in total. The summed E-state index contributed by atoms with van der Waals surface area (Å²) in [7, 11) is -3.53. The van der Waals surface area contributed by atoms with Gasteiger partial charge in [0.15, 0.2) is 0 Å². The molecule has 5 rings (SSSR count). The lowest BCUT2D eigenvalue weighted by molar-refractivity contribution is 0.458. The topological polar surface area (TPSA) is 58.6 Å². The zero-order chi connectivity index (χ0) is 20.6. The second-order valence-electron chi connectivity index (χ2n) is 7.17. The molecule has 0 amide bonds. The highest BCUT2D eigenvalue weighted by atomic mass is 31.2. The van der Waals surface area contributed by atoms with Gasteiger partial charge in [0.1, 0.15) is 17.3 Å². The van der Waals surface area contributed by atoms with Crippen molar-refractivity contribution in [2.75, 3.05) is 5.32 Å². The van der Waals surface area contributed by atoms with Gasteiger partial charge in [-0.3, -0.25) is 4.57 Å². The van der Waals surface area contributed by atoms with Crippen LogP contribution in [0.25, 0.3) is 11.1 Å². The Morgan fingerprint density at radius 2 is 1.37 bits per heavy atom. The van der Waals surface area contributed by atoms with Gasteiger partial charge in [0, 0.05) is 16.8 Å². The molecule has 0 saturated carbocycles. The highest BCUT2D eigenvalue weighted by molar-refractivity contribution is 7.68.